The van der Waals surface area contributed by atoms with Crippen LogP contribution in [0.25, 0.3) is 5.57 Å². The molecule has 0 aromatic heterocycles. The highest BCUT2D eigenvalue weighted by molar-refractivity contribution is 7.88. The summed E-state index contributed by atoms with van der Waals surface area (Å²) in [6, 6.07) is 14.9. The van der Waals surface area contributed by atoms with Crippen LogP contribution in [0.2, 0.25) is 0 Å². The predicted molar refractivity (Wildman–Crippen MR) is 92.1 cm³/mol. The van der Waals surface area contributed by atoms with Crippen LogP contribution < -0.4 is 0 Å². The quantitative estimate of drug-likeness (QED) is 0.911. The Kier molecular flexibility index (Phi) is 4.57. The van der Waals surface area contributed by atoms with Gasteiger partial charge in [-0.2, -0.15) is 0 Å². The van der Waals surface area contributed by atoms with Gasteiger partial charge in [0.2, 0.25) is 0 Å². The van der Waals surface area contributed by atoms with Crippen molar-refractivity contribution < 1.29 is 14.4 Å². The molecule has 0 fully saturated rings. The number of fused-ring (bicyclic) bond motifs is 1. The molecule has 0 amide bonds. The second-order valence-corrected chi connectivity index (χ2v) is 6.90. The maximum atomic E-state index is 12.3. The van der Waals surface area contributed by atoms with Crippen molar-refractivity contribution in [3.63, 3.8) is 0 Å². The van der Waals surface area contributed by atoms with Gasteiger partial charge in [-0.25, -0.2) is 4.21 Å². The van der Waals surface area contributed by atoms with Crippen molar-refractivity contribution in [1.82, 2.24) is 0 Å². The molecule has 0 radical (unpaired) electrons. The standard InChI is InChI=1S/C19H18O3S/c1-13-6-8-15(9-7-13)23(22)11-10-14-12-18(20)19(21)17-5-3-2-4-16(14)17/h2-12,18-21H,1H3/b11-10-/t18-,19-,23?/m1/s1. The molecule has 118 valence electrons. The molecule has 0 heterocycles. The van der Waals surface area contributed by atoms with Gasteiger partial charge in [-0.05, 0) is 47.9 Å². The second-order valence-electron chi connectivity index (χ2n) is 5.56. The zero-order valence-corrected chi connectivity index (χ0v) is 13.5. The summed E-state index contributed by atoms with van der Waals surface area (Å²) >= 11 is 0. The van der Waals surface area contributed by atoms with Crippen molar-refractivity contribution in [3.05, 3.63) is 82.8 Å². The van der Waals surface area contributed by atoms with Gasteiger partial charge in [0.15, 0.2) is 0 Å². The van der Waals surface area contributed by atoms with E-state index in [0.29, 0.717) is 5.56 Å². The molecule has 0 saturated heterocycles. The number of aliphatic hydroxyl groups excluding tert-OH is 2. The monoisotopic (exact) mass is 326 g/mol. The largest absolute Gasteiger partial charge is 0.386 e. The molecule has 1 unspecified atom stereocenters. The van der Waals surface area contributed by atoms with E-state index >= 15 is 0 Å². The van der Waals surface area contributed by atoms with Crippen LogP contribution in [0.15, 0.2) is 71.0 Å². The molecule has 23 heavy (non-hydrogen) atoms. The van der Waals surface area contributed by atoms with Crippen LogP contribution in [0.1, 0.15) is 22.8 Å². The van der Waals surface area contributed by atoms with Gasteiger partial charge >= 0.3 is 0 Å². The fraction of sp³-hybridized carbons (Fsp3) is 0.158. The van der Waals surface area contributed by atoms with Gasteiger partial charge in [-0.1, -0.05) is 42.0 Å². The number of hydrogen-bond acceptors (Lipinski definition) is 3. The Morgan fingerprint density at radius 2 is 1.74 bits per heavy atom. The van der Waals surface area contributed by atoms with Crippen molar-refractivity contribution >= 4 is 16.4 Å². The first-order valence-corrected chi connectivity index (χ1v) is 8.60. The van der Waals surface area contributed by atoms with Crippen molar-refractivity contribution in [2.45, 2.75) is 24.0 Å². The lowest BCUT2D eigenvalue weighted by atomic mass is 9.87. The van der Waals surface area contributed by atoms with Gasteiger partial charge in [-0.15, -0.1) is 0 Å². The molecule has 2 aromatic carbocycles. The smallest absolute Gasteiger partial charge is 0.109 e. The highest BCUT2D eigenvalue weighted by Crippen LogP contribution is 2.33. The lowest BCUT2D eigenvalue weighted by Gasteiger charge is -2.24. The number of allylic oxidation sites excluding steroid dienone is 2. The third-order valence-corrected chi connectivity index (χ3v) is 5.01. The molecular weight excluding hydrogens is 308 g/mol. The third-order valence-electron chi connectivity index (χ3n) is 3.89. The van der Waals surface area contributed by atoms with Crippen molar-refractivity contribution in [2.75, 3.05) is 0 Å². The van der Waals surface area contributed by atoms with E-state index in [4.69, 9.17) is 0 Å². The van der Waals surface area contributed by atoms with Crippen LogP contribution in [-0.4, -0.2) is 20.5 Å². The Morgan fingerprint density at radius 1 is 1.04 bits per heavy atom. The van der Waals surface area contributed by atoms with E-state index in [9.17, 15) is 14.4 Å². The van der Waals surface area contributed by atoms with E-state index in [1.54, 1.807) is 23.6 Å². The molecule has 4 heteroatoms. The van der Waals surface area contributed by atoms with E-state index in [1.165, 1.54) is 0 Å². The molecule has 3 rings (SSSR count). The molecule has 1 aliphatic carbocycles. The molecular formula is C19H18O3S. The first-order valence-electron chi connectivity index (χ1n) is 7.39. The van der Waals surface area contributed by atoms with Crippen LogP contribution in [0, 0.1) is 6.92 Å². The van der Waals surface area contributed by atoms with E-state index in [2.05, 4.69) is 0 Å². The van der Waals surface area contributed by atoms with Crippen LogP contribution in [0.3, 0.4) is 0 Å². The topological polar surface area (TPSA) is 57.5 Å². The zero-order chi connectivity index (χ0) is 16.4. The van der Waals surface area contributed by atoms with E-state index in [-0.39, 0.29) is 0 Å². The van der Waals surface area contributed by atoms with Gasteiger partial charge < -0.3 is 10.2 Å². The average molecular weight is 326 g/mol. The number of benzene rings is 2. The van der Waals surface area contributed by atoms with Crippen LogP contribution in [0.4, 0.5) is 0 Å². The summed E-state index contributed by atoms with van der Waals surface area (Å²) in [5.74, 6) is 0. The van der Waals surface area contributed by atoms with Gasteiger partial charge in [0.05, 0.1) is 10.8 Å². The zero-order valence-electron chi connectivity index (χ0n) is 12.7. The maximum Gasteiger partial charge on any atom is 0.109 e. The second kappa shape index (κ2) is 6.62. The third kappa shape index (κ3) is 3.34. The van der Waals surface area contributed by atoms with E-state index in [1.807, 2.05) is 49.4 Å². The summed E-state index contributed by atoms with van der Waals surface area (Å²) in [6.45, 7) is 1.99. The first kappa shape index (κ1) is 15.9. The normalized spacial score (nSPS) is 21.8. The minimum absolute atomic E-state index is 0.684. The average Bonchev–Trinajstić information content (AvgIpc) is 2.57. The Bertz CT molecular complexity index is 791. The fourth-order valence-electron chi connectivity index (χ4n) is 2.60. The molecule has 0 aliphatic heterocycles. The summed E-state index contributed by atoms with van der Waals surface area (Å²) in [6.07, 6.45) is 1.45. The molecule has 2 aromatic rings. The van der Waals surface area contributed by atoms with Gasteiger partial charge in [-0.3, -0.25) is 0 Å². The van der Waals surface area contributed by atoms with Crippen LogP contribution in [0.5, 0.6) is 0 Å². The number of hydrogen-bond donors (Lipinski definition) is 2. The summed E-state index contributed by atoms with van der Waals surface area (Å²) < 4.78 is 12.3. The molecule has 2 N–H and O–H groups in total. The summed E-state index contributed by atoms with van der Waals surface area (Å²) in [5, 5.41) is 21.6. The lowest BCUT2D eigenvalue weighted by molar-refractivity contribution is 0.0467. The molecule has 0 saturated carbocycles. The first-order chi connectivity index (χ1) is 11.1. The van der Waals surface area contributed by atoms with Crippen LogP contribution >= 0.6 is 0 Å². The Hall–Kier alpha value is -2.01. The van der Waals surface area contributed by atoms with Crippen molar-refractivity contribution in [3.8, 4) is 0 Å². The summed E-state index contributed by atoms with van der Waals surface area (Å²) in [4.78, 5) is 0.733. The molecule has 0 spiro atoms. The van der Waals surface area contributed by atoms with E-state index < -0.39 is 23.0 Å². The Balaban J connectivity index is 1.88. The SMILES string of the molecule is Cc1ccc(S(=O)/C=C\C2=C[C@@H](O)[C@H](O)c3ccccc32)cc1. The lowest BCUT2D eigenvalue weighted by Crippen LogP contribution is -2.21. The summed E-state index contributed by atoms with van der Waals surface area (Å²) in [7, 11) is -1.26. The Labute approximate surface area is 138 Å². The van der Waals surface area contributed by atoms with Crippen molar-refractivity contribution in [2.24, 2.45) is 0 Å². The Morgan fingerprint density at radius 3 is 2.48 bits per heavy atom. The van der Waals surface area contributed by atoms with Crippen molar-refractivity contribution in [1.29, 1.82) is 0 Å². The van der Waals surface area contributed by atoms with E-state index in [0.717, 1.165) is 21.6 Å². The number of aryl methyl sites for hydroxylation is 1. The highest BCUT2D eigenvalue weighted by Gasteiger charge is 2.25. The van der Waals surface area contributed by atoms with Crippen LogP contribution in [-0.2, 0) is 10.8 Å². The summed E-state index contributed by atoms with van der Waals surface area (Å²) in [5.41, 5.74) is 3.42. The molecule has 0 bridgehead atoms. The molecule has 1 aliphatic rings. The molecule has 3 nitrogen and oxygen atoms in total. The maximum absolute atomic E-state index is 12.3. The fourth-order valence-corrected chi connectivity index (χ4v) is 3.43. The molecule has 3 atom stereocenters. The van der Waals surface area contributed by atoms with Gasteiger partial charge in [0.25, 0.3) is 0 Å². The predicted octanol–water partition coefficient (Wildman–Crippen LogP) is 3.11. The van der Waals surface area contributed by atoms with Gasteiger partial charge in [0, 0.05) is 10.3 Å². The number of aliphatic hydroxyl groups is 2. The number of rotatable bonds is 3. The van der Waals surface area contributed by atoms with Gasteiger partial charge in [0.1, 0.15) is 12.2 Å². The highest BCUT2D eigenvalue weighted by atomic mass is 32.2. The minimum atomic E-state index is -1.26. The minimum Gasteiger partial charge on any atom is -0.386 e.